The molecule has 2 heterocycles. The van der Waals surface area contributed by atoms with Gasteiger partial charge in [-0.2, -0.15) is 0 Å². The van der Waals surface area contributed by atoms with Gasteiger partial charge in [-0.25, -0.2) is 0 Å². The van der Waals surface area contributed by atoms with Crippen LogP contribution in [0, 0.1) is 16.0 Å². The second-order valence-electron chi connectivity index (χ2n) is 7.96. The number of carbonyl (C=O) groups excluding carboxylic acids is 2. The van der Waals surface area contributed by atoms with E-state index in [2.05, 4.69) is 5.32 Å². The summed E-state index contributed by atoms with van der Waals surface area (Å²) in [6.45, 7) is 0.486. The van der Waals surface area contributed by atoms with Gasteiger partial charge in [-0.3, -0.25) is 24.6 Å². The van der Waals surface area contributed by atoms with Crippen molar-refractivity contribution >= 4 is 23.2 Å². The van der Waals surface area contributed by atoms with Crippen LogP contribution in [0.25, 0.3) is 0 Å². The fraction of sp³-hybridized carbons (Fsp3) is 0.364. The van der Waals surface area contributed by atoms with Gasteiger partial charge in [-0.1, -0.05) is 6.07 Å². The zero-order valence-corrected chi connectivity index (χ0v) is 17.1. The Bertz CT molecular complexity index is 1100. The summed E-state index contributed by atoms with van der Waals surface area (Å²) < 4.78 is 16.6. The number of nitrogens with one attached hydrogen (secondary N) is 1. The van der Waals surface area contributed by atoms with E-state index in [0.717, 1.165) is 18.4 Å². The Kier molecular flexibility index (Phi) is 5.04. The smallest absolute Gasteiger partial charge is 0.271 e. The summed E-state index contributed by atoms with van der Waals surface area (Å²) >= 11 is 0. The van der Waals surface area contributed by atoms with Gasteiger partial charge in [0.25, 0.3) is 11.6 Å². The lowest BCUT2D eigenvalue weighted by molar-refractivity contribution is -0.384. The minimum atomic E-state index is -0.553. The second kappa shape index (κ2) is 8.03. The maximum Gasteiger partial charge on any atom is 0.271 e. The maximum absolute atomic E-state index is 13.0. The molecule has 32 heavy (non-hydrogen) atoms. The number of anilines is 1. The average molecular weight is 439 g/mol. The molecule has 0 radical (unpaired) electrons. The van der Waals surface area contributed by atoms with Gasteiger partial charge in [0.05, 0.1) is 16.7 Å². The summed E-state index contributed by atoms with van der Waals surface area (Å²) in [6.07, 6.45) is 1.98. The van der Waals surface area contributed by atoms with Gasteiger partial charge in [0, 0.05) is 12.1 Å². The Morgan fingerprint density at radius 2 is 1.84 bits per heavy atom. The topological polar surface area (TPSA) is 120 Å². The maximum atomic E-state index is 13.0. The summed E-state index contributed by atoms with van der Waals surface area (Å²) in [5.41, 5.74) is 0.946. The van der Waals surface area contributed by atoms with Gasteiger partial charge in [0.1, 0.15) is 25.5 Å². The molecule has 3 aliphatic rings. The standard InChI is InChI=1S/C22H21N3O7/c26-20(11-24-16-10-15(25(28)29)4-6-17(16)32-12-21(24)27)23-22(13-1-2-13)14-3-5-18-19(9-14)31-8-7-30-18/h3-6,9-10,13,22H,1-2,7-8,11-12H2,(H,23,26). The normalized spacial score (nSPS) is 17.8. The Morgan fingerprint density at radius 3 is 2.59 bits per heavy atom. The van der Waals surface area contributed by atoms with Crippen LogP contribution in [-0.4, -0.2) is 43.1 Å². The fourth-order valence-corrected chi connectivity index (χ4v) is 4.00. The number of nitro benzene ring substituents is 1. The highest BCUT2D eigenvalue weighted by Crippen LogP contribution is 2.43. The summed E-state index contributed by atoms with van der Waals surface area (Å²) in [7, 11) is 0. The SMILES string of the molecule is O=C(CN1C(=O)COc2ccc([N+](=O)[O-])cc21)NC(c1ccc2c(c1)OCCO2)C1CC1. The third-order valence-corrected chi connectivity index (χ3v) is 5.73. The van der Waals surface area contributed by atoms with E-state index in [1.165, 1.54) is 23.1 Å². The lowest BCUT2D eigenvalue weighted by atomic mass is 10.0. The highest BCUT2D eigenvalue weighted by atomic mass is 16.6. The predicted octanol–water partition coefficient (Wildman–Crippen LogP) is 2.36. The van der Waals surface area contributed by atoms with Crippen molar-refractivity contribution in [3.05, 3.63) is 52.1 Å². The van der Waals surface area contributed by atoms with Crippen molar-refractivity contribution < 1.29 is 28.7 Å². The van der Waals surface area contributed by atoms with Gasteiger partial charge in [-0.05, 0) is 42.5 Å². The van der Waals surface area contributed by atoms with Crippen molar-refractivity contribution in [1.29, 1.82) is 0 Å². The second-order valence-corrected chi connectivity index (χ2v) is 7.96. The number of nitrogens with zero attached hydrogens (tertiary/aromatic N) is 2. The number of fused-ring (bicyclic) bond motifs is 2. The number of amides is 2. The van der Waals surface area contributed by atoms with Crippen LogP contribution in [0.15, 0.2) is 36.4 Å². The molecular formula is C22H21N3O7. The molecule has 0 aromatic heterocycles. The summed E-state index contributed by atoms with van der Waals surface area (Å²) in [4.78, 5) is 37.2. The molecule has 2 amide bonds. The zero-order chi connectivity index (χ0) is 22.2. The molecule has 2 aliphatic heterocycles. The quantitative estimate of drug-likeness (QED) is 0.542. The highest BCUT2D eigenvalue weighted by molar-refractivity contribution is 6.02. The molecule has 2 aromatic carbocycles. The molecule has 1 fully saturated rings. The first-order chi connectivity index (χ1) is 15.5. The van der Waals surface area contributed by atoms with Crippen LogP contribution in [0.4, 0.5) is 11.4 Å². The lowest BCUT2D eigenvalue weighted by Gasteiger charge is -2.29. The van der Waals surface area contributed by atoms with Crippen LogP contribution in [-0.2, 0) is 9.59 Å². The van der Waals surface area contributed by atoms with Crippen molar-refractivity contribution in [1.82, 2.24) is 5.32 Å². The third kappa shape index (κ3) is 3.91. The first kappa shape index (κ1) is 20.1. The Hall–Kier alpha value is -3.82. The predicted molar refractivity (Wildman–Crippen MR) is 112 cm³/mol. The highest BCUT2D eigenvalue weighted by Gasteiger charge is 2.35. The first-order valence-corrected chi connectivity index (χ1v) is 10.4. The molecule has 1 N–H and O–H groups in total. The molecule has 1 saturated carbocycles. The number of nitro groups is 1. The molecule has 10 nitrogen and oxygen atoms in total. The van der Waals surface area contributed by atoms with Crippen LogP contribution < -0.4 is 24.4 Å². The first-order valence-electron chi connectivity index (χ1n) is 10.4. The van der Waals surface area contributed by atoms with Gasteiger partial charge in [-0.15, -0.1) is 0 Å². The molecule has 2 aromatic rings. The molecule has 1 unspecified atom stereocenters. The van der Waals surface area contributed by atoms with Crippen molar-refractivity contribution in [3.8, 4) is 17.2 Å². The van der Waals surface area contributed by atoms with Crippen molar-refractivity contribution in [2.45, 2.75) is 18.9 Å². The summed E-state index contributed by atoms with van der Waals surface area (Å²) in [5, 5.41) is 14.2. The van der Waals surface area contributed by atoms with E-state index in [1.54, 1.807) is 0 Å². The van der Waals surface area contributed by atoms with E-state index in [4.69, 9.17) is 14.2 Å². The van der Waals surface area contributed by atoms with Crippen LogP contribution in [0.1, 0.15) is 24.4 Å². The molecule has 0 bridgehead atoms. The molecule has 0 saturated heterocycles. The molecule has 1 aliphatic carbocycles. The molecule has 10 heteroatoms. The van der Waals surface area contributed by atoms with Crippen LogP contribution >= 0.6 is 0 Å². The van der Waals surface area contributed by atoms with Crippen molar-refractivity contribution in [3.63, 3.8) is 0 Å². The van der Waals surface area contributed by atoms with E-state index in [1.807, 2.05) is 18.2 Å². The molecule has 5 rings (SSSR count). The van der Waals surface area contributed by atoms with Gasteiger partial charge in [0.15, 0.2) is 18.1 Å². The lowest BCUT2D eigenvalue weighted by Crippen LogP contribution is -2.46. The van der Waals surface area contributed by atoms with Gasteiger partial charge < -0.3 is 19.5 Å². The number of benzene rings is 2. The summed E-state index contributed by atoms with van der Waals surface area (Å²) in [6, 6.07) is 9.40. The van der Waals surface area contributed by atoms with Gasteiger partial charge >= 0.3 is 0 Å². The molecule has 0 spiro atoms. The largest absolute Gasteiger partial charge is 0.486 e. The van der Waals surface area contributed by atoms with Crippen molar-refractivity contribution in [2.24, 2.45) is 5.92 Å². The van der Waals surface area contributed by atoms with E-state index < -0.39 is 10.8 Å². The van der Waals surface area contributed by atoms with E-state index in [-0.39, 0.29) is 36.5 Å². The van der Waals surface area contributed by atoms with Crippen LogP contribution in [0.3, 0.4) is 0 Å². The van der Waals surface area contributed by atoms with E-state index in [9.17, 15) is 19.7 Å². The average Bonchev–Trinajstić information content (AvgIpc) is 3.64. The monoisotopic (exact) mass is 439 g/mol. The van der Waals surface area contributed by atoms with Crippen LogP contribution in [0.2, 0.25) is 0 Å². The number of hydrogen-bond acceptors (Lipinski definition) is 7. The van der Waals surface area contributed by atoms with E-state index >= 15 is 0 Å². The third-order valence-electron chi connectivity index (χ3n) is 5.73. The van der Waals surface area contributed by atoms with Crippen molar-refractivity contribution in [2.75, 3.05) is 31.3 Å². The Labute approximate surface area is 183 Å². The number of carbonyl (C=O) groups is 2. The molecule has 166 valence electrons. The number of hydrogen-bond donors (Lipinski definition) is 1. The van der Waals surface area contributed by atoms with E-state index in [0.29, 0.717) is 36.4 Å². The minimum Gasteiger partial charge on any atom is -0.486 e. The summed E-state index contributed by atoms with van der Waals surface area (Å²) in [5.74, 6) is 1.17. The van der Waals surface area contributed by atoms with Crippen LogP contribution in [0.5, 0.6) is 17.2 Å². The van der Waals surface area contributed by atoms with Gasteiger partial charge in [0.2, 0.25) is 5.91 Å². The minimum absolute atomic E-state index is 0.181. The zero-order valence-electron chi connectivity index (χ0n) is 17.1. The molecule has 1 atom stereocenters. The number of non-ortho nitro benzene ring substituents is 1. The fourth-order valence-electron chi connectivity index (χ4n) is 4.00. The number of ether oxygens (including phenoxy) is 3. The Morgan fingerprint density at radius 1 is 1.09 bits per heavy atom. The Balaban J connectivity index is 1.35. The molecular weight excluding hydrogens is 418 g/mol. The number of rotatable bonds is 6.